The Bertz CT molecular complexity index is 618. The molecule has 0 spiro atoms. The Morgan fingerprint density at radius 3 is 2.95 bits per heavy atom. The van der Waals surface area contributed by atoms with E-state index in [1.165, 1.54) is 10.9 Å². The summed E-state index contributed by atoms with van der Waals surface area (Å²) in [6.07, 6.45) is 1.48. The number of carboxylic acid groups (broad SMARTS) is 1. The lowest BCUT2D eigenvalue weighted by molar-refractivity contribution is -0.136. The maximum absolute atomic E-state index is 11.6. The summed E-state index contributed by atoms with van der Waals surface area (Å²) in [5, 5.41) is 22.3. The van der Waals surface area contributed by atoms with E-state index < -0.39 is 5.97 Å². The highest BCUT2D eigenvalue weighted by molar-refractivity contribution is 5.89. The molecule has 2 aromatic rings. The van der Waals surface area contributed by atoms with Crippen LogP contribution in [-0.2, 0) is 22.6 Å². The van der Waals surface area contributed by atoms with Crippen molar-refractivity contribution < 1.29 is 19.2 Å². The SMILES string of the molecule is Cc1cc(NC(=O)CCn2cc(CC(=O)O)nn2)no1. The van der Waals surface area contributed by atoms with E-state index in [1.54, 1.807) is 13.0 Å². The van der Waals surface area contributed by atoms with Crippen molar-refractivity contribution in [3.05, 3.63) is 23.7 Å². The first-order valence-electron chi connectivity index (χ1n) is 5.87. The van der Waals surface area contributed by atoms with E-state index in [1.807, 2.05) is 0 Å². The zero-order valence-electron chi connectivity index (χ0n) is 10.7. The Balaban J connectivity index is 1.81. The number of carboxylic acids is 1. The molecule has 9 heteroatoms. The van der Waals surface area contributed by atoms with Crippen LogP contribution in [0, 0.1) is 6.92 Å². The van der Waals surface area contributed by atoms with E-state index in [9.17, 15) is 9.59 Å². The van der Waals surface area contributed by atoms with Crippen LogP contribution in [0.4, 0.5) is 5.82 Å². The fourth-order valence-corrected chi connectivity index (χ4v) is 1.53. The molecule has 0 atom stereocenters. The summed E-state index contributed by atoms with van der Waals surface area (Å²) in [5.74, 6) is -0.252. The first kappa shape index (κ1) is 13.7. The van der Waals surface area contributed by atoms with Crippen LogP contribution < -0.4 is 5.32 Å². The summed E-state index contributed by atoms with van der Waals surface area (Å²) in [6.45, 7) is 2.03. The Morgan fingerprint density at radius 2 is 2.30 bits per heavy atom. The molecule has 0 aromatic carbocycles. The molecule has 2 aromatic heterocycles. The number of aryl methyl sites for hydroxylation is 2. The second-order valence-corrected chi connectivity index (χ2v) is 4.16. The highest BCUT2D eigenvalue weighted by atomic mass is 16.5. The standard InChI is InChI=1S/C11H13N5O4/c1-7-4-9(14-20-7)12-10(17)2-3-16-6-8(13-15-16)5-11(18)19/h4,6H,2-3,5H2,1H3,(H,18,19)(H,12,14,17). The number of aliphatic carboxylic acids is 1. The van der Waals surface area contributed by atoms with E-state index in [0.29, 0.717) is 23.8 Å². The number of carbonyl (C=O) groups excluding carboxylic acids is 1. The van der Waals surface area contributed by atoms with Crippen molar-refractivity contribution in [3.8, 4) is 0 Å². The smallest absolute Gasteiger partial charge is 0.309 e. The molecule has 0 aliphatic heterocycles. The van der Waals surface area contributed by atoms with Gasteiger partial charge in [-0.1, -0.05) is 10.4 Å². The highest BCUT2D eigenvalue weighted by Gasteiger charge is 2.09. The largest absolute Gasteiger partial charge is 0.481 e. The fraction of sp³-hybridized carbons (Fsp3) is 0.364. The van der Waals surface area contributed by atoms with Crippen LogP contribution in [0.1, 0.15) is 17.9 Å². The topological polar surface area (TPSA) is 123 Å². The van der Waals surface area contributed by atoms with Crippen molar-refractivity contribution in [3.63, 3.8) is 0 Å². The minimum atomic E-state index is -0.976. The van der Waals surface area contributed by atoms with Crippen molar-refractivity contribution in [2.75, 3.05) is 5.32 Å². The molecule has 20 heavy (non-hydrogen) atoms. The molecule has 2 rings (SSSR count). The lowest BCUT2D eigenvalue weighted by Crippen LogP contribution is -2.15. The van der Waals surface area contributed by atoms with Crippen LogP contribution in [0.25, 0.3) is 0 Å². The molecule has 1 amide bonds. The number of amides is 1. The second kappa shape index (κ2) is 5.95. The van der Waals surface area contributed by atoms with Gasteiger partial charge in [-0.05, 0) is 6.92 Å². The van der Waals surface area contributed by atoms with E-state index >= 15 is 0 Å². The first-order valence-corrected chi connectivity index (χ1v) is 5.87. The van der Waals surface area contributed by atoms with Crippen LogP contribution in [0.5, 0.6) is 0 Å². The Kier molecular flexibility index (Phi) is 4.08. The summed E-state index contributed by atoms with van der Waals surface area (Å²) in [6, 6.07) is 1.61. The van der Waals surface area contributed by atoms with Crippen molar-refractivity contribution in [2.45, 2.75) is 26.3 Å². The predicted molar refractivity (Wildman–Crippen MR) is 65.8 cm³/mol. The van der Waals surface area contributed by atoms with Gasteiger partial charge in [-0.25, -0.2) is 0 Å². The molecule has 9 nitrogen and oxygen atoms in total. The fourth-order valence-electron chi connectivity index (χ4n) is 1.53. The number of nitrogens with one attached hydrogen (secondary N) is 1. The zero-order valence-corrected chi connectivity index (χ0v) is 10.7. The average molecular weight is 279 g/mol. The number of aromatic nitrogens is 4. The molecule has 0 aliphatic rings. The molecule has 0 fully saturated rings. The molecule has 0 saturated heterocycles. The Morgan fingerprint density at radius 1 is 1.50 bits per heavy atom. The van der Waals surface area contributed by atoms with E-state index in [4.69, 9.17) is 9.63 Å². The normalized spacial score (nSPS) is 10.4. The van der Waals surface area contributed by atoms with Gasteiger partial charge in [-0.2, -0.15) is 0 Å². The number of nitrogens with zero attached hydrogens (tertiary/aromatic N) is 4. The summed E-state index contributed by atoms with van der Waals surface area (Å²) in [4.78, 5) is 22.1. The molecule has 2 heterocycles. The maximum Gasteiger partial charge on any atom is 0.309 e. The summed E-state index contributed by atoms with van der Waals surface area (Å²) in [5.41, 5.74) is 0.352. The Labute approximate surface area is 113 Å². The zero-order chi connectivity index (χ0) is 14.5. The number of hydrogen-bond acceptors (Lipinski definition) is 6. The highest BCUT2D eigenvalue weighted by Crippen LogP contribution is 2.07. The molecule has 2 N–H and O–H groups in total. The van der Waals surface area contributed by atoms with Gasteiger partial charge in [0.25, 0.3) is 0 Å². The minimum Gasteiger partial charge on any atom is -0.481 e. The molecule has 0 radical (unpaired) electrons. The third-order valence-electron chi connectivity index (χ3n) is 2.38. The van der Waals surface area contributed by atoms with Gasteiger partial charge >= 0.3 is 5.97 Å². The summed E-state index contributed by atoms with van der Waals surface area (Å²) < 4.78 is 6.24. The number of hydrogen-bond donors (Lipinski definition) is 2. The third-order valence-corrected chi connectivity index (χ3v) is 2.38. The molecule has 106 valence electrons. The van der Waals surface area contributed by atoms with Gasteiger partial charge in [-0.3, -0.25) is 14.3 Å². The molecular formula is C11H13N5O4. The molecule has 0 aliphatic carbocycles. The monoisotopic (exact) mass is 279 g/mol. The maximum atomic E-state index is 11.6. The molecule has 0 saturated carbocycles. The summed E-state index contributed by atoms with van der Waals surface area (Å²) in [7, 11) is 0. The van der Waals surface area contributed by atoms with Gasteiger partial charge in [0.2, 0.25) is 5.91 Å². The van der Waals surface area contributed by atoms with Crippen LogP contribution in [0.2, 0.25) is 0 Å². The third kappa shape index (κ3) is 3.90. The van der Waals surface area contributed by atoms with Gasteiger partial charge in [0, 0.05) is 18.7 Å². The number of carbonyl (C=O) groups is 2. The predicted octanol–water partition coefficient (Wildman–Crippen LogP) is 0.230. The lowest BCUT2D eigenvalue weighted by Gasteiger charge is -2.00. The van der Waals surface area contributed by atoms with Crippen LogP contribution in [0.15, 0.2) is 16.8 Å². The molecular weight excluding hydrogens is 266 g/mol. The van der Waals surface area contributed by atoms with Crippen LogP contribution >= 0.6 is 0 Å². The van der Waals surface area contributed by atoms with Gasteiger partial charge in [-0.15, -0.1) is 5.10 Å². The van der Waals surface area contributed by atoms with E-state index in [2.05, 4.69) is 20.8 Å². The average Bonchev–Trinajstić information content (AvgIpc) is 2.96. The molecule has 0 bridgehead atoms. The number of anilines is 1. The lowest BCUT2D eigenvalue weighted by atomic mass is 10.3. The van der Waals surface area contributed by atoms with Crippen molar-refractivity contribution in [2.24, 2.45) is 0 Å². The summed E-state index contributed by atoms with van der Waals surface area (Å²) >= 11 is 0. The van der Waals surface area contributed by atoms with Gasteiger partial charge in [0.05, 0.1) is 18.7 Å². The van der Waals surface area contributed by atoms with E-state index in [-0.39, 0.29) is 18.7 Å². The van der Waals surface area contributed by atoms with Crippen LogP contribution in [0.3, 0.4) is 0 Å². The number of rotatable bonds is 6. The Hall–Kier alpha value is -2.71. The van der Waals surface area contributed by atoms with Gasteiger partial charge < -0.3 is 14.9 Å². The van der Waals surface area contributed by atoms with Crippen molar-refractivity contribution >= 4 is 17.7 Å². The van der Waals surface area contributed by atoms with E-state index in [0.717, 1.165) is 0 Å². The quantitative estimate of drug-likeness (QED) is 0.775. The first-order chi connectivity index (χ1) is 9.52. The van der Waals surface area contributed by atoms with Crippen LogP contribution in [-0.4, -0.2) is 37.1 Å². The van der Waals surface area contributed by atoms with Crippen molar-refractivity contribution in [1.82, 2.24) is 20.2 Å². The van der Waals surface area contributed by atoms with Gasteiger partial charge in [0.1, 0.15) is 5.76 Å². The second-order valence-electron chi connectivity index (χ2n) is 4.16. The van der Waals surface area contributed by atoms with Crippen molar-refractivity contribution in [1.29, 1.82) is 0 Å². The minimum absolute atomic E-state index is 0.168. The van der Waals surface area contributed by atoms with Gasteiger partial charge in [0.15, 0.2) is 5.82 Å². The molecule has 0 unspecified atom stereocenters.